The summed E-state index contributed by atoms with van der Waals surface area (Å²) in [5, 5.41) is 0. The average Bonchev–Trinajstić information content (AvgIpc) is 2.41. The molecule has 0 bridgehead atoms. The minimum Gasteiger partial charge on any atom is -0.385 e. The molecule has 3 nitrogen and oxygen atoms in total. The summed E-state index contributed by atoms with van der Waals surface area (Å²) < 4.78 is 4.54. The maximum atomic E-state index is 11.5. The van der Waals surface area contributed by atoms with Crippen molar-refractivity contribution in [2.75, 3.05) is 13.7 Å². The Bertz CT molecular complexity index is 313. The first kappa shape index (κ1) is 18.9. The maximum absolute atomic E-state index is 11.5. The number of benzene rings is 1. The molecular weight excluding hydrogens is 228 g/mol. The highest BCUT2D eigenvalue weighted by molar-refractivity contribution is 5.97. The number of methoxy groups -OCH3 is 1. The largest absolute Gasteiger partial charge is 0.385 e. The fourth-order valence-electron chi connectivity index (χ4n) is 1.05. The highest BCUT2D eigenvalue weighted by Crippen LogP contribution is 2.09. The van der Waals surface area contributed by atoms with Crippen molar-refractivity contribution in [3.8, 4) is 0 Å². The summed E-state index contributed by atoms with van der Waals surface area (Å²) in [4.78, 5) is 19.5. The number of carbonyl (C=O) groups is 2. The van der Waals surface area contributed by atoms with Crippen LogP contribution in [-0.2, 0) is 9.53 Å². The van der Waals surface area contributed by atoms with Gasteiger partial charge in [-0.25, -0.2) is 0 Å². The Morgan fingerprint density at radius 1 is 1.22 bits per heavy atom. The first-order valence-electron chi connectivity index (χ1n) is 5.91. The van der Waals surface area contributed by atoms with Crippen molar-refractivity contribution in [1.29, 1.82) is 0 Å². The smallest absolute Gasteiger partial charge is 0.165 e. The summed E-state index contributed by atoms with van der Waals surface area (Å²) >= 11 is 0. The third kappa shape index (κ3) is 8.65. The number of ketones is 1. The van der Waals surface area contributed by atoms with Crippen molar-refractivity contribution >= 4 is 12.6 Å². The minimum atomic E-state index is 0.0905. The first-order valence-corrected chi connectivity index (χ1v) is 5.91. The van der Waals surface area contributed by atoms with E-state index in [1.54, 1.807) is 7.11 Å². The molecule has 0 aliphatic carbocycles. The number of aryl methyl sites for hydroxylation is 1. The van der Waals surface area contributed by atoms with E-state index >= 15 is 0 Å². The Morgan fingerprint density at radius 2 is 1.61 bits per heavy atom. The van der Waals surface area contributed by atoms with Crippen molar-refractivity contribution in [1.82, 2.24) is 0 Å². The van der Waals surface area contributed by atoms with Crippen LogP contribution in [0.15, 0.2) is 24.3 Å². The van der Waals surface area contributed by atoms with E-state index in [1.165, 1.54) is 5.56 Å². The molecule has 0 aliphatic heterocycles. The van der Waals surface area contributed by atoms with Crippen LogP contribution in [-0.4, -0.2) is 26.3 Å². The number of rotatable bonds is 3. The van der Waals surface area contributed by atoms with Crippen molar-refractivity contribution in [3.63, 3.8) is 0 Å². The number of hydrogen-bond donors (Lipinski definition) is 0. The van der Waals surface area contributed by atoms with Crippen LogP contribution in [0.3, 0.4) is 0 Å². The molecule has 0 radical (unpaired) electrons. The van der Waals surface area contributed by atoms with Crippen LogP contribution in [0.2, 0.25) is 0 Å². The predicted molar refractivity (Wildman–Crippen MR) is 75.0 cm³/mol. The number of carbonyl (C=O) groups excluding carboxylic acids is 2. The molecule has 0 N–H and O–H groups in total. The second kappa shape index (κ2) is 12.0. The Morgan fingerprint density at radius 3 is 1.89 bits per heavy atom. The SMILES string of the molecule is C=O.CCOC.Cc1ccc(C(=O)C(C)C)cc1. The van der Waals surface area contributed by atoms with Crippen LogP contribution in [0, 0.1) is 12.8 Å². The molecule has 102 valence electrons. The van der Waals surface area contributed by atoms with E-state index in [0.29, 0.717) is 0 Å². The molecule has 0 aliphatic rings. The topological polar surface area (TPSA) is 43.4 Å². The third-order valence-electron chi connectivity index (χ3n) is 2.15. The lowest BCUT2D eigenvalue weighted by Gasteiger charge is -2.03. The summed E-state index contributed by atoms with van der Waals surface area (Å²) in [6.45, 7) is 10.6. The Labute approximate surface area is 110 Å². The van der Waals surface area contributed by atoms with E-state index in [0.717, 1.165) is 12.2 Å². The molecule has 0 fully saturated rings. The molecular formula is C15H24O3. The molecule has 0 amide bonds. The molecule has 1 aromatic rings. The molecule has 1 aromatic carbocycles. The highest BCUT2D eigenvalue weighted by Gasteiger charge is 2.08. The lowest BCUT2D eigenvalue weighted by Crippen LogP contribution is -2.06. The van der Waals surface area contributed by atoms with Gasteiger partial charge < -0.3 is 9.53 Å². The van der Waals surface area contributed by atoms with Crippen molar-refractivity contribution in [3.05, 3.63) is 35.4 Å². The van der Waals surface area contributed by atoms with Gasteiger partial charge in [-0.1, -0.05) is 43.7 Å². The zero-order valence-corrected chi connectivity index (χ0v) is 12.0. The van der Waals surface area contributed by atoms with Crippen LogP contribution >= 0.6 is 0 Å². The van der Waals surface area contributed by atoms with Gasteiger partial charge in [0.2, 0.25) is 0 Å². The highest BCUT2D eigenvalue weighted by atomic mass is 16.5. The average molecular weight is 252 g/mol. The molecule has 0 heterocycles. The van der Waals surface area contributed by atoms with Crippen LogP contribution in [0.25, 0.3) is 0 Å². The fraction of sp³-hybridized carbons (Fsp3) is 0.467. The van der Waals surface area contributed by atoms with Crippen LogP contribution < -0.4 is 0 Å². The van der Waals surface area contributed by atoms with Crippen LogP contribution in [0.1, 0.15) is 36.7 Å². The van der Waals surface area contributed by atoms with E-state index in [4.69, 9.17) is 4.79 Å². The monoisotopic (exact) mass is 252 g/mol. The van der Waals surface area contributed by atoms with Crippen molar-refractivity contribution in [2.45, 2.75) is 27.7 Å². The van der Waals surface area contributed by atoms with E-state index < -0.39 is 0 Å². The number of Topliss-reactive ketones (excluding diaryl/α,β-unsaturated/α-hetero) is 1. The molecule has 0 atom stereocenters. The fourth-order valence-corrected chi connectivity index (χ4v) is 1.05. The molecule has 1 rings (SSSR count). The van der Waals surface area contributed by atoms with Gasteiger partial charge in [0.25, 0.3) is 0 Å². The van der Waals surface area contributed by atoms with Crippen molar-refractivity contribution < 1.29 is 14.3 Å². The standard InChI is InChI=1S/C11H14O.C3H8O.CH2O/c1-8(2)11(12)10-6-4-9(3)5-7-10;1-3-4-2;1-2/h4-8H,1-3H3;3H2,1-2H3;1H2. The quantitative estimate of drug-likeness (QED) is 0.775. The molecule has 0 unspecified atom stereocenters. The van der Waals surface area contributed by atoms with Crippen molar-refractivity contribution in [2.24, 2.45) is 5.92 Å². The van der Waals surface area contributed by atoms with Gasteiger partial charge in [0.05, 0.1) is 0 Å². The van der Waals surface area contributed by atoms with Gasteiger partial charge >= 0.3 is 0 Å². The lowest BCUT2D eigenvalue weighted by atomic mass is 10.0. The van der Waals surface area contributed by atoms with Gasteiger partial charge in [-0.3, -0.25) is 4.79 Å². The normalized spacial score (nSPS) is 8.78. The first-order chi connectivity index (χ1) is 8.52. The molecule has 0 saturated heterocycles. The lowest BCUT2D eigenvalue weighted by molar-refractivity contribution is -0.0979. The summed E-state index contributed by atoms with van der Waals surface area (Å²) in [6.07, 6.45) is 0. The molecule has 18 heavy (non-hydrogen) atoms. The second-order valence-corrected chi connectivity index (χ2v) is 3.96. The molecule has 0 spiro atoms. The zero-order valence-electron chi connectivity index (χ0n) is 12.0. The number of ether oxygens (including phenoxy) is 1. The van der Waals surface area contributed by atoms with Gasteiger partial charge in [0.15, 0.2) is 5.78 Å². The molecule has 0 saturated carbocycles. The van der Waals surface area contributed by atoms with Gasteiger partial charge in [-0.05, 0) is 13.8 Å². The predicted octanol–water partition coefficient (Wildman–Crippen LogP) is 3.30. The van der Waals surface area contributed by atoms with E-state index in [9.17, 15) is 4.79 Å². The Balaban J connectivity index is 0. The summed E-state index contributed by atoms with van der Waals surface area (Å²) in [5.41, 5.74) is 2.01. The third-order valence-corrected chi connectivity index (χ3v) is 2.15. The van der Waals surface area contributed by atoms with Crippen LogP contribution in [0.5, 0.6) is 0 Å². The summed E-state index contributed by atoms with van der Waals surface area (Å²) in [7, 11) is 1.68. The summed E-state index contributed by atoms with van der Waals surface area (Å²) in [6, 6.07) is 7.71. The number of hydrogen-bond acceptors (Lipinski definition) is 3. The van der Waals surface area contributed by atoms with Gasteiger partial charge in [0.1, 0.15) is 6.79 Å². The van der Waals surface area contributed by atoms with Gasteiger partial charge in [-0.2, -0.15) is 0 Å². The minimum absolute atomic E-state index is 0.0905. The molecule has 0 aromatic heterocycles. The van der Waals surface area contributed by atoms with Gasteiger partial charge in [0, 0.05) is 25.2 Å². The molecule has 3 heteroatoms. The Kier molecular flexibility index (Phi) is 12.6. The van der Waals surface area contributed by atoms with Gasteiger partial charge in [-0.15, -0.1) is 0 Å². The second-order valence-electron chi connectivity index (χ2n) is 3.96. The zero-order chi connectivity index (χ0) is 14.6. The van der Waals surface area contributed by atoms with E-state index in [1.807, 2.05) is 58.7 Å². The van der Waals surface area contributed by atoms with E-state index in [2.05, 4.69) is 4.74 Å². The van der Waals surface area contributed by atoms with E-state index in [-0.39, 0.29) is 11.7 Å². The Hall–Kier alpha value is -1.48. The summed E-state index contributed by atoms with van der Waals surface area (Å²) in [5.74, 6) is 0.308. The van der Waals surface area contributed by atoms with Crippen LogP contribution in [0.4, 0.5) is 0 Å². The maximum Gasteiger partial charge on any atom is 0.165 e.